The van der Waals surface area contributed by atoms with Crippen molar-refractivity contribution < 1.29 is 57.6 Å². The fourth-order valence-corrected chi connectivity index (χ4v) is 6.81. The van der Waals surface area contributed by atoms with Gasteiger partial charge >= 0.3 is 27.3 Å². The molecule has 232 valence electrons. The Morgan fingerprint density at radius 2 is 1.58 bits per heavy atom. The number of ether oxygens (including phenoxy) is 1. The number of aryl methyl sites for hydroxylation is 1. The van der Waals surface area contributed by atoms with Crippen LogP contribution in [-0.4, -0.2) is 82.6 Å². The number of aliphatic hydroxyl groups is 1. The minimum Gasteiger partial charge on any atom is -0.477 e. The van der Waals surface area contributed by atoms with Crippen LogP contribution in [-0.2, 0) is 22.1 Å². The molecule has 1 saturated heterocycles. The number of carboxylic acids is 1. The largest absolute Gasteiger partial charge is 0.477 e. The summed E-state index contributed by atoms with van der Waals surface area (Å²) in [7, 11) is -11.3. The van der Waals surface area contributed by atoms with E-state index in [-0.39, 0.29) is 48.6 Å². The van der Waals surface area contributed by atoms with Crippen molar-refractivity contribution >= 4 is 43.8 Å². The number of piperazine rings is 1. The van der Waals surface area contributed by atoms with Gasteiger partial charge in [-0.15, -0.1) is 0 Å². The van der Waals surface area contributed by atoms with E-state index in [4.69, 9.17) is 4.74 Å². The van der Waals surface area contributed by atoms with Gasteiger partial charge in [-0.05, 0) is 36.8 Å². The number of hydrogen-bond donors (Lipinski definition) is 6. The summed E-state index contributed by atoms with van der Waals surface area (Å²) in [6.45, 7) is 2.74. The average Bonchev–Trinajstić information content (AvgIpc) is 2.93. The van der Waals surface area contributed by atoms with Crippen molar-refractivity contribution in [3.63, 3.8) is 0 Å². The maximum atomic E-state index is 15.1. The van der Waals surface area contributed by atoms with Crippen LogP contribution in [0.5, 0.6) is 5.75 Å². The Balaban J connectivity index is 1.44. The van der Waals surface area contributed by atoms with E-state index in [0.29, 0.717) is 12.1 Å². The number of carboxylic acid groups (broad SMARTS) is 1. The van der Waals surface area contributed by atoms with Gasteiger partial charge in [-0.2, -0.15) is 0 Å². The summed E-state index contributed by atoms with van der Waals surface area (Å²) in [5.74, 6) is -2.13. The molecule has 1 aliphatic heterocycles. The van der Waals surface area contributed by atoms with Crippen LogP contribution >= 0.6 is 15.2 Å². The fourth-order valence-electron chi connectivity index (χ4n) is 4.68. The lowest BCUT2D eigenvalue weighted by Crippen LogP contribution is -2.49. The average molecular weight is 643 g/mol. The summed E-state index contributed by atoms with van der Waals surface area (Å²) in [6, 6.07) is 7.27. The van der Waals surface area contributed by atoms with E-state index in [2.05, 4.69) is 0 Å². The lowest BCUT2D eigenvalue weighted by Gasteiger charge is -2.35. The van der Waals surface area contributed by atoms with Gasteiger partial charge in [0, 0.05) is 50.7 Å². The van der Waals surface area contributed by atoms with Gasteiger partial charge in [0.1, 0.15) is 17.1 Å². The first-order chi connectivity index (χ1) is 20.0. The van der Waals surface area contributed by atoms with Crippen LogP contribution in [0.3, 0.4) is 0 Å². The summed E-state index contributed by atoms with van der Waals surface area (Å²) < 4.78 is 45.1. The molecule has 2 heterocycles. The third-order valence-corrected chi connectivity index (χ3v) is 10.8. The van der Waals surface area contributed by atoms with Gasteiger partial charge in [0.25, 0.3) is 5.08 Å². The summed E-state index contributed by atoms with van der Waals surface area (Å²) in [5.41, 5.74) is -0.775. The Morgan fingerprint density at radius 3 is 2.09 bits per heavy atom. The van der Waals surface area contributed by atoms with Gasteiger partial charge in [-0.25, -0.2) is 14.0 Å². The van der Waals surface area contributed by atoms with Crippen LogP contribution in [0.1, 0.15) is 22.8 Å². The molecule has 1 amide bonds. The molecule has 0 atom stereocenters. The van der Waals surface area contributed by atoms with Crippen LogP contribution < -0.4 is 15.1 Å². The van der Waals surface area contributed by atoms with Crippen LogP contribution in [0.4, 0.5) is 14.9 Å². The lowest BCUT2D eigenvalue weighted by atomic mass is 10.1. The van der Waals surface area contributed by atoms with Crippen molar-refractivity contribution in [1.29, 1.82) is 0 Å². The first-order valence-corrected chi connectivity index (χ1v) is 15.9. The Kier molecular flexibility index (Phi) is 8.87. The van der Waals surface area contributed by atoms with Crippen LogP contribution in [0.15, 0.2) is 47.4 Å². The number of nitrogens with zero attached hydrogens (tertiary/aromatic N) is 3. The Labute approximate surface area is 242 Å². The zero-order valence-corrected chi connectivity index (χ0v) is 24.3. The Bertz CT molecular complexity index is 1700. The molecule has 1 fully saturated rings. The van der Waals surface area contributed by atoms with E-state index in [9.17, 15) is 53.3 Å². The molecule has 1 aliphatic rings. The number of aromatic nitrogens is 1. The number of benzene rings is 2. The minimum absolute atomic E-state index is 0.00548. The van der Waals surface area contributed by atoms with Gasteiger partial charge in [-0.3, -0.25) is 13.9 Å². The number of carbonyl (C=O) groups excluding carboxylic acids is 1. The molecule has 0 saturated carbocycles. The number of amides is 1. The highest BCUT2D eigenvalue weighted by atomic mass is 31.2. The molecule has 43 heavy (non-hydrogen) atoms. The molecule has 18 heteroatoms. The first-order valence-electron chi connectivity index (χ1n) is 12.7. The number of anilines is 1. The monoisotopic (exact) mass is 643 g/mol. The first kappa shape index (κ1) is 32.3. The fraction of sp³-hybridized carbons (Fsp3) is 0.320. The van der Waals surface area contributed by atoms with Gasteiger partial charge in [0.2, 0.25) is 5.43 Å². The number of carbonyl (C=O) groups is 2. The second-order valence-electron chi connectivity index (χ2n) is 9.81. The van der Waals surface area contributed by atoms with Crippen LogP contribution in [0.25, 0.3) is 10.9 Å². The number of halogens is 1. The summed E-state index contributed by atoms with van der Waals surface area (Å²) >= 11 is 0. The summed E-state index contributed by atoms with van der Waals surface area (Å²) in [6.07, 6.45) is -0.614. The topological polar surface area (TPSA) is 227 Å². The smallest absolute Gasteiger partial charge is 0.415 e. The molecule has 3 aromatic rings. The van der Waals surface area contributed by atoms with Crippen molar-refractivity contribution in [2.24, 2.45) is 0 Å². The van der Waals surface area contributed by atoms with Crippen molar-refractivity contribution in [2.75, 3.05) is 31.1 Å². The molecule has 0 radical (unpaired) electrons. The highest BCUT2D eigenvalue weighted by Gasteiger charge is 2.59. The zero-order chi connectivity index (χ0) is 31.9. The van der Waals surface area contributed by atoms with E-state index in [0.717, 1.165) is 6.07 Å². The summed E-state index contributed by atoms with van der Waals surface area (Å²) in [5, 5.41) is 15.7. The second kappa shape index (κ2) is 11.8. The van der Waals surface area contributed by atoms with Crippen molar-refractivity contribution in [2.45, 2.75) is 25.0 Å². The number of pyridine rings is 1. The van der Waals surface area contributed by atoms with E-state index in [1.807, 2.05) is 0 Å². The third kappa shape index (κ3) is 6.36. The lowest BCUT2D eigenvalue weighted by molar-refractivity contribution is 0.0694. The normalized spacial score (nSPS) is 14.7. The zero-order valence-electron chi connectivity index (χ0n) is 22.5. The van der Waals surface area contributed by atoms with Gasteiger partial charge in [0.15, 0.2) is 0 Å². The number of fused-ring (bicyclic) bond motifs is 1. The second-order valence-corrected chi connectivity index (χ2v) is 13.8. The highest BCUT2D eigenvalue weighted by molar-refractivity contribution is 7.72. The standard InChI is InChI=1S/C25H28FN3O12P2/c1-2-27-14-18(23(31)32)22(30)17-11-19(26)21(12-20(17)27)28-7-9-29(10-8-28)24(33)41-16-5-3-15(4-6-16)13-25(34,42(35,36)37)43(38,39)40/h3-6,11-12,14,34H,2,7-10,13H2,1H3,(H,31,32)(H2,35,36,37)(H2,38,39,40). The van der Waals surface area contributed by atoms with Gasteiger partial charge in [0.05, 0.1) is 11.2 Å². The van der Waals surface area contributed by atoms with Gasteiger partial charge in [-0.1, -0.05) is 12.1 Å². The number of hydrogen-bond acceptors (Lipinski definition) is 8. The molecular weight excluding hydrogens is 615 g/mol. The Hall–Kier alpha value is -3.62. The molecule has 6 N–H and O–H groups in total. The van der Waals surface area contributed by atoms with E-state index < -0.39 is 55.6 Å². The van der Waals surface area contributed by atoms with E-state index in [1.165, 1.54) is 41.4 Å². The third-order valence-electron chi connectivity index (χ3n) is 7.10. The van der Waals surface area contributed by atoms with Crippen molar-refractivity contribution in [1.82, 2.24) is 9.47 Å². The maximum Gasteiger partial charge on any atom is 0.415 e. The highest BCUT2D eigenvalue weighted by Crippen LogP contribution is 2.68. The maximum absolute atomic E-state index is 15.1. The van der Waals surface area contributed by atoms with Crippen molar-refractivity contribution in [3.05, 3.63) is 69.8 Å². The molecule has 0 bridgehead atoms. The van der Waals surface area contributed by atoms with Crippen LogP contribution in [0.2, 0.25) is 0 Å². The number of rotatable bonds is 8. The molecule has 4 rings (SSSR count). The van der Waals surface area contributed by atoms with Crippen LogP contribution in [0, 0.1) is 5.82 Å². The van der Waals surface area contributed by atoms with Gasteiger partial charge < -0.3 is 48.9 Å². The predicted molar refractivity (Wildman–Crippen MR) is 150 cm³/mol. The van der Waals surface area contributed by atoms with E-state index in [1.54, 1.807) is 16.4 Å². The number of aromatic carboxylic acids is 1. The van der Waals surface area contributed by atoms with Crippen molar-refractivity contribution in [3.8, 4) is 5.75 Å². The molecule has 0 unspecified atom stereocenters. The molecule has 0 spiro atoms. The van der Waals surface area contributed by atoms with E-state index >= 15 is 4.39 Å². The predicted octanol–water partition coefficient (Wildman–Crippen LogP) is 1.72. The molecule has 2 aromatic carbocycles. The Morgan fingerprint density at radius 1 is 1.00 bits per heavy atom. The molecule has 15 nitrogen and oxygen atoms in total. The quantitative estimate of drug-likeness (QED) is 0.193. The minimum atomic E-state index is -5.65. The summed E-state index contributed by atoms with van der Waals surface area (Å²) in [4.78, 5) is 77.0. The molecule has 1 aromatic heterocycles. The molecular formula is C25H28FN3O12P2. The molecule has 0 aliphatic carbocycles. The SMILES string of the molecule is CCn1cc(C(=O)O)c(=O)c2cc(F)c(N3CCN(C(=O)Oc4ccc(CC(O)(P(=O)(O)O)P(=O)(O)O)cc4)CC3)cc21.